The highest BCUT2D eigenvalue weighted by atomic mass is 16.5. The lowest BCUT2D eigenvalue weighted by Crippen LogP contribution is -2.37. The average Bonchev–Trinajstić information content (AvgIpc) is 2.79. The number of esters is 1. The van der Waals surface area contributed by atoms with E-state index in [0.29, 0.717) is 6.61 Å². The van der Waals surface area contributed by atoms with Gasteiger partial charge in [0.15, 0.2) is 0 Å². The summed E-state index contributed by atoms with van der Waals surface area (Å²) in [6, 6.07) is 7.48. The first kappa shape index (κ1) is 11.8. The van der Waals surface area contributed by atoms with Crippen molar-refractivity contribution >= 4 is 17.3 Å². The Morgan fingerprint density at radius 3 is 2.82 bits per heavy atom. The van der Waals surface area contributed by atoms with Gasteiger partial charge in [0, 0.05) is 17.9 Å². The molecule has 1 aliphatic heterocycles. The lowest BCUT2D eigenvalue weighted by atomic mass is 10.2. The summed E-state index contributed by atoms with van der Waals surface area (Å²) >= 11 is 0. The fourth-order valence-electron chi connectivity index (χ4n) is 2.23. The Bertz CT molecular complexity index is 389. The maximum atomic E-state index is 11.8. The van der Waals surface area contributed by atoms with Gasteiger partial charge in [-0.15, -0.1) is 0 Å². The number of hydrogen-bond acceptors (Lipinski definition) is 4. The number of carbonyl (C=O) groups is 1. The van der Waals surface area contributed by atoms with Crippen molar-refractivity contribution in [1.82, 2.24) is 0 Å². The summed E-state index contributed by atoms with van der Waals surface area (Å²) in [5.41, 5.74) is 7.43. The first-order chi connectivity index (χ1) is 8.22. The molecule has 0 bridgehead atoms. The van der Waals surface area contributed by atoms with Crippen LogP contribution < -0.4 is 10.6 Å². The van der Waals surface area contributed by atoms with E-state index in [2.05, 4.69) is 4.90 Å². The van der Waals surface area contributed by atoms with E-state index >= 15 is 0 Å². The highest BCUT2D eigenvalue weighted by Crippen LogP contribution is 2.26. The molecule has 17 heavy (non-hydrogen) atoms. The normalized spacial score (nSPS) is 19.4. The van der Waals surface area contributed by atoms with Gasteiger partial charge in [0.2, 0.25) is 0 Å². The van der Waals surface area contributed by atoms with Crippen molar-refractivity contribution in [3.63, 3.8) is 0 Å². The first-order valence-electron chi connectivity index (χ1n) is 6.01. The topological polar surface area (TPSA) is 55.6 Å². The Kier molecular flexibility index (Phi) is 3.52. The van der Waals surface area contributed by atoms with Gasteiger partial charge < -0.3 is 15.4 Å². The summed E-state index contributed by atoms with van der Waals surface area (Å²) in [5, 5.41) is 0. The lowest BCUT2D eigenvalue weighted by Gasteiger charge is -2.25. The van der Waals surface area contributed by atoms with Crippen LogP contribution in [-0.4, -0.2) is 25.2 Å². The number of ether oxygens (including phenoxy) is 1. The van der Waals surface area contributed by atoms with Crippen LogP contribution in [0.5, 0.6) is 0 Å². The summed E-state index contributed by atoms with van der Waals surface area (Å²) in [6.45, 7) is 3.17. The molecule has 0 saturated carbocycles. The van der Waals surface area contributed by atoms with Crippen molar-refractivity contribution in [1.29, 1.82) is 0 Å². The predicted octanol–water partition coefficient (Wildman–Crippen LogP) is 1.80. The second kappa shape index (κ2) is 5.08. The molecule has 4 heteroatoms. The number of anilines is 2. The molecular formula is C13H18N2O2. The van der Waals surface area contributed by atoms with Crippen LogP contribution in [0.4, 0.5) is 11.4 Å². The van der Waals surface area contributed by atoms with Crippen LogP contribution >= 0.6 is 0 Å². The standard InChI is InChI=1S/C13H18N2O2/c1-2-17-13(16)12-4-3-9-15(12)11-7-5-10(14)6-8-11/h5-8,12H,2-4,9,14H2,1H3. The van der Waals surface area contributed by atoms with Gasteiger partial charge in [-0.25, -0.2) is 4.79 Å². The number of rotatable bonds is 3. The van der Waals surface area contributed by atoms with E-state index in [-0.39, 0.29) is 12.0 Å². The Morgan fingerprint density at radius 2 is 2.18 bits per heavy atom. The van der Waals surface area contributed by atoms with Crippen molar-refractivity contribution in [3.8, 4) is 0 Å². The molecule has 0 spiro atoms. The smallest absolute Gasteiger partial charge is 0.328 e. The van der Waals surface area contributed by atoms with Crippen molar-refractivity contribution in [2.24, 2.45) is 0 Å². The fourth-order valence-corrected chi connectivity index (χ4v) is 2.23. The third-order valence-electron chi connectivity index (χ3n) is 3.04. The van der Waals surface area contributed by atoms with E-state index in [4.69, 9.17) is 10.5 Å². The average molecular weight is 234 g/mol. The van der Waals surface area contributed by atoms with E-state index in [1.54, 1.807) is 0 Å². The van der Waals surface area contributed by atoms with Crippen LogP contribution in [0.2, 0.25) is 0 Å². The van der Waals surface area contributed by atoms with E-state index in [1.807, 2.05) is 31.2 Å². The zero-order valence-corrected chi connectivity index (χ0v) is 10.1. The zero-order chi connectivity index (χ0) is 12.3. The second-order valence-electron chi connectivity index (χ2n) is 4.20. The van der Waals surface area contributed by atoms with Crippen molar-refractivity contribution < 1.29 is 9.53 Å². The SMILES string of the molecule is CCOC(=O)C1CCCN1c1ccc(N)cc1. The van der Waals surface area contributed by atoms with E-state index < -0.39 is 0 Å². The van der Waals surface area contributed by atoms with Crippen LogP contribution in [0.3, 0.4) is 0 Å². The fraction of sp³-hybridized carbons (Fsp3) is 0.462. The van der Waals surface area contributed by atoms with Crippen LogP contribution in [0.15, 0.2) is 24.3 Å². The van der Waals surface area contributed by atoms with Crippen molar-refractivity contribution in [3.05, 3.63) is 24.3 Å². The molecule has 1 aromatic rings. The van der Waals surface area contributed by atoms with Gasteiger partial charge >= 0.3 is 5.97 Å². The van der Waals surface area contributed by atoms with Crippen LogP contribution in [0.25, 0.3) is 0 Å². The molecule has 0 aromatic heterocycles. The third kappa shape index (κ3) is 2.52. The molecule has 0 aliphatic carbocycles. The first-order valence-corrected chi connectivity index (χ1v) is 6.01. The minimum atomic E-state index is -0.140. The Labute approximate surface area is 101 Å². The van der Waals surface area contributed by atoms with E-state index in [9.17, 15) is 4.79 Å². The summed E-state index contributed by atoms with van der Waals surface area (Å²) in [6.07, 6.45) is 1.89. The van der Waals surface area contributed by atoms with Crippen LogP contribution in [0, 0.1) is 0 Å². The molecule has 1 fully saturated rings. The van der Waals surface area contributed by atoms with Gasteiger partial charge in [-0.2, -0.15) is 0 Å². The van der Waals surface area contributed by atoms with Crippen molar-refractivity contribution in [2.45, 2.75) is 25.8 Å². The number of hydrogen-bond donors (Lipinski definition) is 1. The molecule has 1 saturated heterocycles. The number of nitrogens with two attached hydrogens (primary N) is 1. The number of benzene rings is 1. The molecule has 92 valence electrons. The maximum Gasteiger partial charge on any atom is 0.328 e. The molecule has 1 unspecified atom stereocenters. The number of carbonyl (C=O) groups excluding carboxylic acids is 1. The maximum absolute atomic E-state index is 11.8. The van der Waals surface area contributed by atoms with E-state index in [0.717, 1.165) is 30.8 Å². The third-order valence-corrected chi connectivity index (χ3v) is 3.04. The molecule has 2 N–H and O–H groups in total. The van der Waals surface area contributed by atoms with E-state index in [1.165, 1.54) is 0 Å². The number of nitrogens with zero attached hydrogens (tertiary/aromatic N) is 1. The van der Waals surface area contributed by atoms with Crippen LogP contribution in [-0.2, 0) is 9.53 Å². The minimum Gasteiger partial charge on any atom is -0.464 e. The molecule has 1 aliphatic rings. The highest BCUT2D eigenvalue weighted by Gasteiger charge is 2.31. The second-order valence-corrected chi connectivity index (χ2v) is 4.20. The predicted molar refractivity (Wildman–Crippen MR) is 67.9 cm³/mol. The summed E-state index contributed by atoms with van der Waals surface area (Å²) < 4.78 is 5.10. The van der Waals surface area contributed by atoms with Gasteiger partial charge in [-0.3, -0.25) is 0 Å². The van der Waals surface area contributed by atoms with Gasteiger partial charge in [0.25, 0.3) is 0 Å². The Morgan fingerprint density at radius 1 is 1.47 bits per heavy atom. The Balaban J connectivity index is 2.14. The van der Waals surface area contributed by atoms with Gasteiger partial charge in [0.05, 0.1) is 6.61 Å². The molecule has 4 nitrogen and oxygen atoms in total. The molecule has 2 rings (SSSR count). The lowest BCUT2D eigenvalue weighted by molar-refractivity contribution is -0.144. The Hall–Kier alpha value is -1.71. The summed E-state index contributed by atoms with van der Waals surface area (Å²) in [5.74, 6) is -0.123. The zero-order valence-electron chi connectivity index (χ0n) is 10.1. The van der Waals surface area contributed by atoms with Crippen LogP contribution in [0.1, 0.15) is 19.8 Å². The summed E-state index contributed by atoms with van der Waals surface area (Å²) in [7, 11) is 0. The molecule has 0 amide bonds. The largest absolute Gasteiger partial charge is 0.464 e. The molecule has 1 aromatic carbocycles. The molecule has 1 atom stereocenters. The summed E-state index contributed by atoms with van der Waals surface area (Å²) in [4.78, 5) is 13.9. The molecular weight excluding hydrogens is 216 g/mol. The van der Waals surface area contributed by atoms with Gasteiger partial charge in [0.1, 0.15) is 6.04 Å². The quantitative estimate of drug-likeness (QED) is 0.640. The molecule has 0 radical (unpaired) electrons. The van der Waals surface area contributed by atoms with Gasteiger partial charge in [-0.05, 0) is 44.0 Å². The molecule has 1 heterocycles. The van der Waals surface area contributed by atoms with Gasteiger partial charge in [-0.1, -0.05) is 0 Å². The highest BCUT2D eigenvalue weighted by molar-refractivity contribution is 5.81. The minimum absolute atomic E-state index is 0.123. The monoisotopic (exact) mass is 234 g/mol. The van der Waals surface area contributed by atoms with Crippen molar-refractivity contribution in [2.75, 3.05) is 23.8 Å². The number of nitrogen functional groups attached to an aromatic ring is 1.